The standard InChI is InChI=1S/C8H15NO4/c1-8(2,3)7(10)13-6-4-5-9(11)12/h4-6H2,1-3H3. The molecule has 5 heteroatoms. The number of hydrogen-bond donors (Lipinski definition) is 0. The molecular weight excluding hydrogens is 174 g/mol. The third-order valence-electron chi connectivity index (χ3n) is 1.33. The van der Waals surface area contributed by atoms with Crippen molar-refractivity contribution in [1.29, 1.82) is 0 Å². The molecule has 0 rings (SSSR count). The van der Waals surface area contributed by atoms with Crippen LogP contribution in [0, 0.1) is 15.5 Å². The predicted molar refractivity (Wildman–Crippen MR) is 46.9 cm³/mol. The Hall–Kier alpha value is -1.13. The molecule has 0 aliphatic carbocycles. The summed E-state index contributed by atoms with van der Waals surface area (Å²) >= 11 is 0. The van der Waals surface area contributed by atoms with E-state index in [1.54, 1.807) is 20.8 Å². The summed E-state index contributed by atoms with van der Waals surface area (Å²) in [5, 5.41) is 9.91. The van der Waals surface area contributed by atoms with E-state index in [4.69, 9.17) is 4.74 Å². The van der Waals surface area contributed by atoms with Crippen molar-refractivity contribution in [3.05, 3.63) is 10.1 Å². The van der Waals surface area contributed by atoms with Crippen molar-refractivity contribution >= 4 is 5.97 Å². The third-order valence-corrected chi connectivity index (χ3v) is 1.33. The van der Waals surface area contributed by atoms with E-state index in [0.29, 0.717) is 0 Å². The van der Waals surface area contributed by atoms with E-state index in [9.17, 15) is 14.9 Å². The molecule has 0 atom stereocenters. The van der Waals surface area contributed by atoms with Gasteiger partial charge in [-0.15, -0.1) is 0 Å². The zero-order valence-electron chi connectivity index (χ0n) is 8.20. The molecule has 0 spiro atoms. The summed E-state index contributed by atoms with van der Waals surface area (Å²) in [4.78, 5) is 20.6. The third kappa shape index (κ3) is 6.07. The molecule has 0 aliphatic heterocycles. The second kappa shape index (κ2) is 4.79. The fourth-order valence-electron chi connectivity index (χ4n) is 0.575. The lowest BCUT2D eigenvalue weighted by Crippen LogP contribution is -2.23. The molecule has 0 aromatic rings. The molecule has 0 bridgehead atoms. The Balaban J connectivity index is 3.55. The van der Waals surface area contributed by atoms with Crippen LogP contribution in [-0.4, -0.2) is 24.0 Å². The molecular formula is C8H15NO4. The van der Waals surface area contributed by atoms with Crippen molar-refractivity contribution < 1.29 is 14.5 Å². The van der Waals surface area contributed by atoms with E-state index in [0.717, 1.165) is 0 Å². The van der Waals surface area contributed by atoms with Gasteiger partial charge in [-0.05, 0) is 20.8 Å². The molecule has 0 N–H and O–H groups in total. The highest BCUT2D eigenvalue weighted by atomic mass is 16.6. The van der Waals surface area contributed by atoms with Crippen LogP contribution in [0.25, 0.3) is 0 Å². The SMILES string of the molecule is CC(C)(C)C(=O)OCCC[N+](=O)[O-]. The van der Waals surface area contributed by atoms with Crippen LogP contribution in [0.2, 0.25) is 0 Å². The van der Waals surface area contributed by atoms with Gasteiger partial charge in [0.15, 0.2) is 0 Å². The number of hydrogen-bond acceptors (Lipinski definition) is 4. The largest absolute Gasteiger partial charge is 0.465 e. The maximum absolute atomic E-state index is 11.1. The molecule has 0 fully saturated rings. The molecule has 0 heterocycles. The van der Waals surface area contributed by atoms with Crippen molar-refractivity contribution in [3.63, 3.8) is 0 Å². The molecule has 5 nitrogen and oxygen atoms in total. The molecule has 0 aromatic heterocycles. The molecule has 13 heavy (non-hydrogen) atoms. The van der Waals surface area contributed by atoms with Gasteiger partial charge in [0.05, 0.1) is 12.0 Å². The number of carbonyl (C=O) groups is 1. The van der Waals surface area contributed by atoms with Crippen LogP contribution in [0.5, 0.6) is 0 Å². The molecule has 0 saturated carbocycles. The van der Waals surface area contributed by atoms with E-state index in [2.05, 4.69) is 0 Å². The van der Waals surface area contributed by atoms with Gasteiger partial charge in [-0.25, -0.2) is 0 Å². The Kier molecular flexibility index (Phi) is 4.37. The van der Waals surface area contributed by atoms with E-state index in [1.807, 2.05) is 0 Å². The lowest BCUT2D eigenvalue weighted by atomic mass is 9.97. The van der Waals surface area contributed by atoms with Crippen molar-refractivity contribution in [3.8, 4) is 0 Å². The minimum Gasteiger partial charge on any atom is -0.465 e. The van der Waals surface area contributed by atoms with Crippen molar-refractivity contribution in [2.45, 2.75) is 27.2 Å². The summed E-state index contributed by atoms with van der Waals surface area (Å²) in [5.41, 5.74) is -0.533. The molecule has 76 valence electrons. The highest BCUT2D eigenvalue weighted by Gasteiger charge is 2.22. The predicted octanol–water partition coefficient (Wildman–Crippen LogP) is 1.24. The van der Waals surface area contributed by atoms with E-state index < -0.39 is 10.3 Å². The average Bonchev–Trinajstić information content (AvgIpc) is 1.95. The Morgan fingerprint density at radius 1 is 1.46 bits per heavy atom. The van der Waals surface area contributed by atoms with Gasteiger partial charge >= 0.3 is 5.97 Å². The van der Waals surface area contributed by atoms with E-state index in [-0.39, 0.29) is 25.5 Å². The smallest absolute Gasteiger partial charge is 0.311 e. The number of nitrogens with zero attached hydrogens (tertiary/aromatic N) is 1. The normalized spacial score (nSPS) is 11.0. The molecule has 0 radical (unpaired) electrons. The summed E-state index contributed by atoms with van der Waals surface area (Å²) in [6, 6.07) is 0. The van der Waals surface area contributed by atoms with Crippen molar-refractivity contribution in [2.24, 2.45) is 5.41 Å². The average molecular weight is 189 g/mol. The van der Waals surface area contributed by atoms with Gasteiger partial charge in [0.1, 0.15) is 0 Å². The van der Waals surface area contributed by atoms with Gasteiger partial charge in [0.2, 0.25) is 6.54 Å². The zero-order chi connectivity index (χ0) is 10.5. The molecule has 0 aromatic carbocycles. The Morgan fingerprint density at radius 2 is 2.00 bits per heavy atom. The number of rotatable bonds is 4. The minimum atomic E-state index is -0.533. The van der Waals surface area contributed by atoms with E-state index >= 15 is 0 Å². The Morgan fingerprint density at radius 3 is 2.38 bits per heavy atom. The summed E-state index contributed by atoms with van der Waals surface area (Å²) in [7, 11) is 0. The first-order chi connectivity index (χ1) is 5.84. The lowest BCUT2D eigenvalue weighted by Gasteiger charge is -2.15. The summed E-state index contributed by atoms with van der Waals surface area (Å²) in [6.07, 6.45) is 0.273. The van der Waals surface area contributed by atoms with Crippen LogP contribution in [0.1, 0.15) is 27.2 Å². The van der Waals surface area contributed by atoms with Crippen LogP contribution in [0.15, 0.2) is 0 Å². The second-order valence-corrected chi connectivity index (χ2v) is 3.80. The lowest BCUT2D eigenvalue weighted by molar-refractivity contribution is -0.480. The van der Waals surface area contributed by atoms with Crippen molar-refractivity contribution in [1.82, 2.24) is 0 Å². The Bertz CT molecular complexity index is 195. The fourth-order valence-corrected chi connectivity index (χ4v) is 0.575. The molecule has 0 aliphatic rings. The maximum atomic E-state index is 11.1. The minimum absolute atomic E-state index is 0.122. The number of ether oxygens (including phenoxy) is 1. The van der Waals surface area contributed by atoms with Crippen LogP contribution in [0.3, 0.4) is 0 Å². The molecule has 0 saturated heterocycles. The van der Waals surface area contributed by atoms with Crippen LogP contribution in [0.4, 0.5) is 0 Å². The monoisotopic (exact) mass is 189 g/mol. The topological polar surface area (TPSA) is 69.4 Å². The first-order valence-corrected chi connectivity index (χ1v) is 4.13. The van der Waals surface area contributed by atoms with Gasteiger partial charge in [0, 0.05) is 11.3 Å². The van der Waals surface area contributed by atoms with Gasteiger partial charge in [-0.3, -0.25) is 14.9 Å². The van der Waals surface area contributed by atoms with Gasteiger partial charge in [0.25, 0.3) is 0 Å². The van der Waals surface area contributed by atoms with Crippen molar-refractivity contribution in [2.75, 3.05) is 13.2 Å². The zero-order valence-corrected chi connectivity index (χ0v) is 8.20. The first kappa shape index (κ1) is 11.9. The van der Waals surface area contributed by atoms with Gasteiger partial charge in [-0.2, -0.15) is 0 Å². The highest BCUT2D eigenvalue weighted by molar-refractivity contribution is 5.75. The first-order valence-electron chi connectivity index (χ1n) is 4.13. The molecule has 0 unspecified atom stereocenters. The van der Waals surface area contributed by atoms with Crippen LogP contribution >= 0.6 is 0 Å². The number of nitro groups is 1. The number of esters is 1. The second-order valence-electron chi connectivity index (χ2n) is 3.80. The van der Waals surface area contributed by atoms with Crippen LogP contribution in [-0.2, 0) is 9.53 Å². The van der Waals surface area contributed by atoms with Crippen LogP contribution < -0.4 is 0 Å². The Labute approximate surface area is 77.2 Å². The summed E-state index contributed by atoms with van der Waals surface area (Å²) in [5.74, 6) is -0.323. The highest BCUT2D eigenvalue weighted by Crippen LogP contribution is 2.14. The molecule has 0 amide bonds. The van der Waals surface area contributed by atoms with E-state index in [1.165, 1.54) is 0 Å². The van der Waals surface area contributed by atoms with Gasteiger partial charge in [-0.1, -0.05) is 0 Å². The number of carbonyl (C=O) groups excluding carboxylic acids is 1. The van der Waals surface area contributed by atoms with Gasteiger partial charge < -0.3 is 4.74 Å². The maximum Gasteiger partial charge on any atom is 0.311 e. The quantitative estimate of drug-likeness (QED) is 0.289. The fraction of sp³-hybridized carbons (Fsp3) is 0.875. The summed E-state index contributed by atoms with van der Waals surface area (Å²) < 4.78 is 4.81. The summed E-state index contributed by atoms with van der Waals surface area (Å²) in [6.45, 7) is 5.18.